The van der Waals surface area contributed by atoms with Gasteiger partial charge in [-0.2, -0.15) is 5.10 Å². The number of aromatic nitrogens is 4. The van der Waals surface area contributed by atoms with Crippen LogP contribution in [0.5, 0.6) is 0 Å². The van der Waals surface area contributed by atoms with Gasteiger partial charge in [-0.3, -0.25) is 5.10 Å². The summed E-state index contributed by atoms with van der Waals surface area (Å²) in [6.07, 6.45) is 1.86. The fraction of sp³-hybridized carbons (Fsp3) is 0.583. The van der Waals surface area contributed by atoms with Gasteiger partial charge in [0.05, 0.1) is 18.4 Å². The summed E-state index contributed by atoms with van der Waals surface area (Å²) in [5.41, 5.74) is 7.71. The van der Waals surface area contributed by atoms with E-state index in [-0.39, 0.29) is 24.2 Å². The highest BCUT2D eigenvalue weighted by Crippen LogP contribution is 2.48. The van der Waals surface area contributed by atoms with Crippen molar-refractivity contribution in [3.63, 3.8) is 0 Å². The minimum atomic E-state index is -0.191. The van der Waals surface area contributed by atoms with Crippen LogP contribution in [0.25, 0.3) is 11.0 Å². The highest BCUT2D eigenvalue weighted by Gasteiger charge is 2.44. The molecule has 2 aromatic heterocycles. The van der Waals surface area contributed by atoms with Gasteiger partial charge in [-0.05, 0) is 11.8 Å². The van der Waals surface area contributed by atoms with Gasteiger partial charge >= 0.3 is 0 Å². The lowest BCUT2D eigenvalue weighted by Crippen LogP contribution is -2.17. The Bertz CT molecular complexity index is 609. The summed E-state index contributed by atoms with van der Waals surface area (Å²) < 4.78 is 5.90. The number of nitrogen functional groups attached to an aromatic ring is 1. The normalized spacial score (nSPS) is 26.1. The van der Waals surface area contributed by atoms with E-state index >= 15 is 0 Å². The predicted molar refractivity (Wildman–Crippen MR) is 69.2 cm³/mol. The van der Waals surface area contributed by atoms with Gasteiger partial charge in [-0.15, -0.1) is 0 Å². The molecule has 7 nitrogen and oxygen atoms in total. The van der Waals surface area contributed by atoms with Crippen LogP contribution in [0.4, 0.5) is 5.82 Å². The van der Waals surface area contributed by atoms with E-state index in [0.717, 1.165) is 12.1 Å². The second-order valence-electron chi connectivity index (χ2n) is 5.61. The molecule has 3 rings (SSSR count). The van der Waals surface area contributed by atoms with E-state index in [1.807, 2.05) is 0 Å². The molecule has 0 bridgehead atoms. The second kappa shape index (κ2) is 4.14. The molecule has 2 atom stereocenters. The molecule has 0 spiro atoms. The van der Waals surface area contributed by atoms with Gasteiger partial charge in [0, 0.05) is 0 Å². The molecular weight excluding hydrogens is 246 g/mol. The van der Waals surface area contributed by atoms with E-state index in [0.29, 0.717) is 16.9 Å². The van der Waals surface area contributed by atoms with E-state index in [9.17, 15) is 5.11 Å². The van der Waals surface area contributed by atoms with Crippen molar-refractivity contribution in [1.82, 2.24) is 20.2 Å². The summed E-state index contributed by atoms with van der Waals surface area (Å²) in [6, 6.07) is 0. The fourth-order valence-corrected chi connectivity index (χ4v) is 2.74. The number of aliphatic hydroxyl groups excluding tert-OH is 1. The van der Waals surface area contributed by atoms with Gasteiger partial charge in [0.15, 0.2) is 11.3 Å². The zero-order valence-electron chi connectivity index (χ0n) is 10.9. The molecule has 3 heterocycles. The standard InChI is InChI=1S/C12H17N5O2/c1-12(2)3-6(4-18)19-10(12)8-7-9(17-16-8)11(13)15-5-14-7/h5-6,10,18H,3-4H2,1-2H3,(H,16,17)(H2,13,14,15)/t6-,10-/m0/s1. The average Bonchev–Trinajstić information content (AvgIpc) is 2.90. The number of fused-ring (bicyclic) bond motifs is 1. The maximum atomic E-state index is 9.27. The van der Waals surface area contributed by atoms with Crippen molar-refractivity contribution < 1.29 is 9.84 Å². The molecular formula is C12H17N5O2. The Labute approximate surface area is 110 Å². The molecule has 4 N–H and O–H groups in total. The lowest BCUT2D eigenvalue weighted by Gasteiger charge is -2.23. The van der Waals surface area contributed by atoms with Crippen molar-refractivity contribution in [2.45, 2.75) is 32.5 Å². The molecule has 0 saturated carbocycles. The van der Waals surface area contributed by atoms with E-state index in [1.165, 1.54) is 6.33 Å². The Balaban J connectivity index is 2.07. The maximum absolute atomic E-state index is 9.27. The van der Waals surface area contributed by atoms with Gasteiger partial charge in [0.2, 0.25) is 0 Å². The third kappa shape index (κ3) is 1.85. The number of hydrogen-bond donors (Lipinski definition) is 3. The topological polar surface area (TPSA) is 110 Å². The number of nitrogens with zero attached hydrogens (tertiary/aromatic N) is 3. The highest BCUT2D eigenvalue weighted by molar-refractivity contribution is 5.85. The number of aromatic amines is 1. The van der Waals surface area contributed by atoms with E-state index in [2.05, 4.69) is 34.0 Å². The summed E-state index contributed by atoms with van der Waals surface area (Å²) in [6.45, 7) is 4.22. The largest absolute Gasteiger partial charge is 0.394 e. The molecule has 1 aliphatic rings. The van der Waals surface area contributed by atoms with Crippen LogP contribution in [0.15, 0.2) is 6.33 Å². The average molecular weight is 263 g/mol. The summed E-state index contributed by atoms with van der Waals surface area (Å²) in [5, 5.41) is 16.4. The molecule has 0 radical (unpaired) electrons. The fourth-order valence-electron chi connectivity index (χ4n) is 2.74. The third-order valence-electron chi connectivity index (χ3n) is 3.65. The molecule has 7 heteroatoms. The SMILES string of the molecule is CC1(C)C[C@@H](CO)O[C@H]1c1[nH]nc2c(N)ncnc12. The number of rotatable bonds is 2. The number of ether oxygens (including phenoxy) is 1. The van der Waals surface area contributed by atoms with Crippen LogP contribution in [0.2, 0.25) is 0 Å². The van der Waals surface area contributed by atoms with Crippen molar-refractivity contribution in [1.29, 1.82) is 0 Å². The Morgan fingerprint density at radius 1 is 1.47 bits per heavy atom. The van der Waals surface area contributed by atoms with Crippen LogP contribution >= 0.6 is 0 Å². The van der Waals surface area contributed by atoms with Crippen molar-refractivity contribution in [2.24, 2.45) is 5.41 Å². The summed E-state index contributed by atoms with van der Waals surface area (Å²) >= 11 is 0. The third-order valence-corrected chi connectivity index (χ3v) is 3.65. The molecule has 1 saturated heterocycles. The van der Waals surface area contributed by atoms with Crippen molar-refractivity contribution >= 4 is 16.9 Å². The lowest BCUT2D eigenvalue weighted by molar-refractivity contribution is -0.00723. The zero-order chi connectivity index (χ0) is 13.6. The maximum Gasteiger partial charge on any atom is 0.155 e. The first-order valence-electron chi connectivity index (χ1n) is 6.23. The van der Waals surface area contributed by atoms with Gasteiger partial charge < -0.3 is 15.6 Å². The number of H-pyrrole nitrogens is 1. The first kappa shape index (κ1) is 12.3. The first-order chi connectivity index (χ1) is 9.03. The van der Waals surface area contributed by atoms with Gasteiger partial charge in [0.1, 0.15) is 17.9 Å². The number of anilines is 1. The van der Waals surface area contributed by atoms with Crippen LogP contribution in [-0.2, 0) is 4.74 Å². The number of aliphatic hydroxyl groups is 1. The number of nitrogens with two attached hydrogens (primary N) is 1. The summed E-state index contributed by atoms with van der Waals surface area (Å²) in [5.74, 6) is 0.349. The van der Waals surface area contributed by atoms with E-state index in [1.54, 1.807) is 0 Å². The summed E-state index contributed by atoms with van der Waals surface area (Å²) in [7, 11) is 0. The summed E-state index contributed by atoms with van der Waals surface area (Å²) in [4.78, 5) is 8.15. The molecule has 19 heavy (non-hydrogen) atoms. The van der Waals surface area contributed by atoms with Crippen LogP contribution in [-0.4, -0.2) is 38.0 Å². The van der Waals surface area contributed by atoms with E-state index < -0.39 is 0 Å². The quantitative estimate of drug-likeness (QED) is 0.738. The highest BCUT2D eigenvalue weighted by atomic mass is 16.5. The van der Waals surface area contributed by atoms with Crippen molar-refractivity contribution in [3.8, 4) is 0 Å². The smallest absolute Gasteiger partial charge is 0.155 e. The van der Waals surface area contributed by atoms with E-state index in [4.69, 9.17) is 10.5 Å². The lowest BCUT2D eigenvalue weighted by atomic mass is 9.82. The molecule has 0 amide bonds. The van der Waals surface area contributed by atoms with Gasteiger partial charge in [0.25, 0.3) is 0 Å². The van der Waals surface area contributed by atoms with Gasteiger partial charge in [-0.25, -0.2) is 9.97 Å². The Hall–Kier alpha value is -1.73. The molecule has 1 aliphatic heterocycles. The number of hydrogen-bond acceptors (Lipinski definition) is 6. The predicted octanol–water partition coefficient (Wildman–Crippen LogP) is 0.784. The van der Waals surface area contributed by atoms with Gasteiger partial charge in [-0.1, -0.05) is 13.8 Å². The molecule has 2 aromatic rings. The van der Waals surface area contributed by atoms with Crippen LogP contribution in [0.1, 0.15) is 32.1 Å². The van der Waals surface area contributed by atoms with Crippen LogP contribution in [0.3, 0.4) is 0 Å². The zero-order valence-corrected chi connectivity index (χ0v) is 10.9. The molecule has 0 aliphatic carbocycles. The molecule has 0 unspecified atom stereocenters. The van der Waals surface area contributed by atoms with Crippen LogP contribution in [0, 0.1) is 5.41 Å². The Kier molecular flexibility index (Phi) is 2.68. The van der Waals surface area contributed by atoms with Crippen molar-refractivity contribution in [2.75, 3.05) is 12.3 Å². The minimum absolute atomic E-state index is 0.0170. The number of nitrogens with one attached hydrogen (secondary N) is 1. The molecule has 102 valence electrons. The first-order valence-corrected chi connectivity index (χ1v) is 6.23. The molecule has 1 fully saturated rings. The Morgan fingerprint density at radius 3 is 2.95 bits per heavy atom. The van der Waals surface area contributed by atoms with Crippen LogP contribution < -0.4 is 5.73 Å². The molecule has 0 aromatic carbocycles. The minimum Gasteiger partial charge on any atom is -0.394 e. The Morgan fingerprint density at radius 2 is 2.26 bits per heavy atom. The monoisotopic (exact) mass is 263 g/mol. The second-order valence-corrected chi connectivity index (χ2v) is 5.61. The van der Waals surface area contributed by atoms with Crippen molar-refractivity contribution in [3.05, 3.63) is 12.0 Å².